The van der Waals surface area contributed by atoms with Crippen LogP contribution in [0.4, 0.5) is 5.69 Å². The largest absolute Gasteiger partial charge is 0.341 e. The number of aryl methyl sites for hydroxylation is 1. The molecular weight excluding hydrogens is 324 g/mol. The van der Waals surface area contributed by atoms with Crippen molar-refractivity contribution in [2.75, 3.05) is 5.32 Å². The zero-order valence-electron chi connectivity index (χ0n) is 13.2. The van der Waals surface area contributed by atoms with E-state index in [0.717, 1.165) is 20.8 Å². The molecule has 3 aromatic rings. The maximum Gasteiger partial charge on any atom is 0.313 e. The van der Waals surface area contributed by atoms with E-state index in [1.165, 1.54) is 0 Å². The highest BCUT2D eigenvalue weighted by molar-refractivity contribution is 7.18. The van der Waals surface area contributed by atoms with Crippen LogP contribution < -0.4 is 10.6 Å². The van der Waals surface area contributed by atoms with Gasteiger partial charge in [-0.25, -0.2) is 4.98 Å². The minimum atomic E-state index is -0.698. The maximum atomic E-state index is 12.1. The molecule has 1 atom stereocenters. The molecule has 0 bridgehead atoms. The fourth-order valence-corrected chi connectivity index (χ4v) is 3.17. The van der Waals surface area contributed by atoms with E-state index in [1.54, 1.807) is 41.9 Å². The molecule has 0 radical (unpaired) electrons. The summed E-state index contributed by atoms with van der Waals surface area (Å²) in [6.45, 7) is 3.74. The highest BCUT2D eigenvalue weighted by Crippen LogP contribution is 2.24. The summed E-state index contributed by atoms with van der Waals surface area (Å²) < 4.78 is 0.968. The number of hydrogen-bond acceptors (Lipinski definition) is 5. The van der Waals surface area contributed by atoms with Gasteiger partial charge in [-0.1, -0.05) is 0 Å². The summed E-state index contributed by atoms with van der Waals surface area (Å²) in [5, 5.41) is 6.24. The molecule has 2 N–H and O–H groups in total. The molecule has 0 aliphatic rings. The van der Waals surface area contributed by atoms with Crippen LogP contribution >= 0.6 is 11.3 Å². The molecule has 7 heteroatoms. The second kappa shape index (κ2) is 6.76. The first-order chi connectivity index (χ1) is 11.5. The van der Waals surface area contributed by atoms with Gasteiger partial charge in [-0.2, -0.15) is 0 Å². The van der Waals surface area contributed by atoms with Gasteiger partial charge in [0.05, 0.1) is 21.3 Å². The first-order valence-corrected chi connectivity index (χ1v) is 8.23. The van der Waals surface area contributed by atoms with Gasteiger partial charge in [0.2, 0.25) is 0 Å². The van der Waals surface area contributed by atoms with Crippen molar-refractivity contribution in [1.82, 2.24) is 15.3 Å². The third kappa shape index (κ3) is 3.57. The third-order valence-electron chi connectivity index (χ3n) is 3.51. The summed E-state index contributed by atoms with van der Waals surface area (Å²) in [5.74, 6) is -1.38. The molecule has 1 aromatic carbocycles. The number of fused-ring (bicyclic) bond motifs is 1. The molecule has 2 aromatic heterocycles. The SMILES string of the molecule is Cc1nc2ccc(NC(=O)C(=O)NC(C)c3ccncc3)cc2s1. The van der Waals surface area contributed by atoms with E-state index in [9.17, 15) is 9.59 Å². The minimum absolute atomic E-state index is 0.280. The Morgan fingerprint density at radius 2 is 1.88 bits per heavy atom. The third-order valence-corrected chi connectivity index (χ3v) is 4.45. The molecule has 1 unspecified atom stereocenters. The van der Waals surface area contributed by atoms with Crippen LogP contribution in [0.25, 0.3) is 10.2 Å². The standard InChI is InChI=1S/C17H16N4O2S/c1-10(12-5-7-18-8-6-12)19-16(22)17(23)21-13-3-4-14-15(9-13)24-11(2)20-14/h3-10H,1-2H3,(H,19,22)(H,21,23). The molecule has 0 aliphatic heterocycles. The Morgan fingerprint density at radius 3 is 2.62 bits per heavy atom. The van der Waals surface area contributed by atoms with Gasteiger partial charge in [-0.15, -0.1) is 11.3 Å². The Bertz CT molecular complexity index is 892. The number of amides is 2. The van der Waals surface area contributed by atoms with Crippen LogP contribution in [-0.4, -0.2) is 21.8 Å². The second-order valence-corrected chi connectivity index (χ2v) is 6.58. The van der Waals surface area contributed by atoms with Crippen LogP contribution in [0.2, 0.25) is 0 Å². The molecule has 122 valence electrons. The summed E-state index contributed by atoms with van der Waals surface area (Å²) >= 11 is 1.54. The first kappa shape index (κ1) is 16.1. The number of carbonyl (C=O) groups excluding carboxylic acids is 2. The summed E-state index contributed by atoms with van der Waals surface area (Å²) in [5.41, 5.74) is 2.34. The van der Waals surface area contributed by atoms with Gasteiger partial charge in [0, 0.05) is 18.1 Å². The van der Waals surface area contributed by atoms with Crippen LogP contribution in [0, 0.1) is 6.92 Å². The molecule has 6 nitrogen and oxygen atoms in total. The number of anilines is 1. The molecule has 3 rings (SSSR count). The van der Waals surface area contributed by atoms with Crippen molar-refractivity contribution in [2.24, 2.45) is 0 Å². The molecular formula is C17H16N4O2S. The maximum absolute atomic E-state index is 12.1. The van der Waals surface area contributed by atoms with Gasteiger partial charge in [-0.3, -0.25) is 14.6 Å². The zero-order valence-corrected chi connectivity index (χ0v) is 14.1. The predicted octanol–water partition coefficient (Wildman–Crippen LogP) is 2.82. The number of nitrogens with zero attached hydrogens (tertiary/aromatic N) is 2. The van der Waals surface area contributed by atoms with Gasteiger partial charge in [0.1, 0.15) is 0 Å². The van der Waals surface area contributed by atoms with Crippen molar-refractivity contribution in [3.63, 3.8) is 0 Å². The summed E-state index contributed by atoms with van der Waals surface area (Å²) in [6, 6.07) is 8.69. The van der Waals surface area contributed by atoms with Gasteiger partial charge >= 0.3 is 11.8 Å². The molecule has 0 spiro atoms. The first-order valence-electron chi connectivity index (χ1n) is 7.42. The van der Waals surface area contributed by atoms with Crippen LogP contribution in [0.1, 0.15) is 23.5 Å². The fourth-order valence-electron chi connectivity index (χ4n) is 2.30. The lowest BCUT2D eigenvalue weighted by Crippen LogP contribution is -2.36. The number of hydrogen-bond donors (Lipinski definition) is 2. The number of carbonyl (C=O) groups is 2. The van der Waals surface area contributed by atoms with E-state index in [1.807, 2.05) is 26.0 Å². The van der Waals surface area contributed by atoms with Gasteiger partial charge in [0.15, 0.2) is 0 Å². The highest BCUT2D eigenvalue weighted by Gasteiger charge is 2.17. The monoisotopic (exact) mass is 340 g/mol. The van der Waals surface area contributed by atoms with Crippen LogP contribution in [0.15, 0.2) is 42.7 Å². The lowest BCUT2D eigenvalue weighted by Gasteiger charge is -2.13. The van der Waals surface area contributed by atoms with Gasteiger partial charge < -0.3 is 10.6 Å². The van der Waals surface area contributed by atoms with E-state index in [4.69, 9.17) is 0 Å². The topological polar surface area (TPSA) is 84.0 Å². The number of benzene rings is 1. The molecule has 2 heterocycles. The number of pyridine rings is 1. The smallest absolute Gasteiger partial charge is 0.313 e. The van der Waals surface area contributed by atoms with E-state index in [0.29, 0.717) is 5.69 Å². The van der Waals surface area contributed by atoms with Gasteiger partial charge in [0.25, 0.3) is 0 Å². The second-order valence-electron chi connectivity index (χ2n) is 5.35. The molecule has 0 fully saturated rings. The van der Waals surface area contributed by atoms with Crippen LogP contribution in [0.3, 0.4) is 0 Å². The summed E-state index contributed by atoms with van der Waals surface area (Å²) in [4.78, 5) is 32.4. The number of rotatable bonds is 3. The lowest BCUT2D eigenvalue weighted by molar-refractivity contribution is -0.136. The van der Waals surface area contributed by atoms with Crippen LogP contribution in [0.5, 0.6) is 0 Å². The van der Waals surface area contributed by atoms with Crippen molar-refractivity contribution >= 4 is 39.1 Å². The van der Waals surface area contributed by atoms with E-state index in [-0.39, 0.29) is 6.04 Å². The lowest BCUT2D eigenvalue weighted by atomic mass is 10.1. The Balaban J connectivity index is 1.65. The average Bonchev–Trinajstić information content (AvgIpc) is 2.94. The van der Waals surface area contributed by atoms with Crippen molar-refractivity contribution in [3.8, 4) is 0 Å². The fraction of sp³-hybridized carbons (Fsp3) is 0.176. The Labute approximate surface area is 142 Å². The Kier molecular flexibility index (Phi) is 4.52. The van der Waals surface area contributed by atoms with Crippen LogP contribution in [-0.2, 0) is 9.59 Å². The molecule has 0 saturated heterocycles. The minimum Gasteiger partial charge on any atom is -0.341 e. The Morgan fingerprint density at radius 1 is 1.12 bits per heavy atom. The molecule has 2 amide bonds. The van der Waals surface area contributed by atoms with Crippen molar-refractivity contribution in [3.05, 3.63) is 53.3 Å². The molecule has 0 aliphatic carbocycles. The van der Waals surface area contributed by atoms with E-state index >= 15 is 0 Å². The normalized spacial score (nSPS) is 11.9. The molecule has 0 saturated carbocycles. The molecule has 24 heavy (non-hydrogen) atoms. The quantitative estimate of drug-likeness (QED) is 0.718. The highest BCUT2D eigenvalue weighted by atomic mass is 32.1. The predicted molar refractivity (Wildman–Crippen MR) is 93.8 cm³/mol. The number of thiazole rings is 1. The van der Waals surface area contributed by atoms with Crippen molar-refractivity contribution < 1.29 is 9.59 Å². The van der Waals surface area contributed by atoms with E-state index in [2.05, 4.69) is 20.6 Å². The summed E-state index contributed by atoms with van der Waals surface area (Å²) in [7, 11) is 0. The average molecular weight is 340 g/mol. The number of aromatic nitrogens is 2. The van der Waals surface area contributed by atoms with Crippen molar-refractivity contribution in [2.45, 2.75) is 19.9 Å². The zero-order chi connectivity index (χ0) is 17.1. The van der Waals surface area contributed by atoms with Gasteiger partial charge in [-0.05, 0) is 49.7 Å². The van der Waals surface area contributed by atoms with Crippen molar-refractivity contribution in [1.29, 1.82) is 0 Å². The number of nitrogens with one attached hydrogen (secondary N) is 2. The van der Waals surface area contributed by atoms with E-state index < -0.39 is 11.8 Å². The Hall–Kier alpha value is -2.80. The summed E-state index contributed by atoms with van der Waals surface area (Å²) in [6.07, 6.45) is 3.29.